The van der Waals surface area contributed by atoms with Gasteiger partial charge in [0, 0.05) is 0 Å². The monoisotopic (exact) mass is 292 g/mol. The standard InChI is InChI=1S/C19H32O2/c1-18-10-3-4-16(20)15(18)6-5-12-13-7-8-17(21)19(13,2)11-9-14(12)18/h12-17,20-21H,3-11H2,1-2H3/t12-,13-,14-,15+,16-,17-,18+,19-/m0/s1. The lowest BCUT2D eigenvalue weighted by atomic mass is 9.45. The van der Waals surface area contributed by atoms with Crippen LogP contribution in [-0.2, 0) is 0 Å². The summed E-state index contributed by atoms with van der Waals surface area (Å²) in [5.74, 6) is 2.90. The zero-order valence-electron chi connectivity index (χ0n) is 13.7. The van der Waals surface area contributed by atoms with Crippen LogP contribution in [-0.4, -0.2) is 22.4 Å². The predicted molar refractivity (Wildman–Crippen MR) is 83.7 cm³/mol. The van der Waals surface area contributed by atoms with Crippen molar-refractivity contribution in [3.63, 3.8) is 0 Å². The van der Waals surface area contributed by atoms with Gasteiger partial charge in [0.15, 0.2) is 0 Å². The molecule has 120 valence electrons. The van der Waals surface area contributed by atoms with Crippen LogP contribution in [0.15, 0.2) is 0 Å². The molecule has 8 atom stereocenters. The van der Waals surface area contributed by atoms with Gasteiger partial charge < -0.3 is 10.2 Å². The molecule has 0 radical (unpaired) electrons. The van der Waals surface area contributed by atoms with Crippen molar-refractivity contribution in [2.24, 2.45) is 34.5 Å². The molecule has 0 aromatic rings. The molecule has 0 unspecified atom stereocenters. The zero-order valence-corrected chi connectivity index (χ0v) is 13.7. The van der Waals surface area contributed by atoms with Gasteiger partial charge in [-0.05, 0) is 85.9 Å². The minimum absolute atomic E-state index is 0.0489. The van der Waals surface area contributed by atoms with Crippen molar-refractivity contribution in [1.82, 2.24) is 0 Å². The van der Waals surface area contributed by atoms with Crippen molar-refractivity contribution in [2.45, 2.75) is 83.8 Å². The molecule has 4 aliphatic rings. The third-order valence-electron chi connectivity index (χ3n) is 8.57. The normalized spacial score (nSPS) is 60.0. The maximum absolute atomic E-state index is 10.5. The van der Waals surface area contributed by atoms with Gasteiger partial charge in [0.05, 0.1) is 12.2 Å². The highest BCUT2D eigenvalue weighted by molar-refractivity contribution is 5.09. The minimum atomic E-state index is -0.0640. The summed E-state index contributed by atoms with van der Waals surface area (Å²) >= 11 is 0. The second-order valence-corrected chi connectivity index (χ2v) is 9.16. The fraction of sp³-hybridized carbons (Fsp3) is 1.00. The molecule has 4 rings (SSSR count). The number of hydrogen-bond acceptors (Lipinski definition) is 2. The van der Waals surface area contributed by atoms with Gasteiger partial charge in [0.25, 0.3) is 0 Å². The van der Waals surface area contributed by atoms with Crippen LogP contribution < -0.4 is 0 Å². The van der Waals surface area contributed by atoms with Gasteiger partial charge in [0.1, 0.15) is 0 Å². The Bertz CT molecular complexity index is 422. The van der Waals surface area contributed by atoms with Crippen molar-refractivity contribution in [1.29, 1.82) is 0 Å². The number of aliphatic hydroxyl groups excluding tert-OH is 2. The van der Waals surface area contributed by atoms with E-state index in [0.29, 0.717) is 11.3 Å². The Balaban J connectivity index is 1.65. The van der Waals surface area contributed by atoms with E-state index >= 15 is 0 Å². The number of rotatable bonds is 0. The highest BCUT2D eigenvalue weighted by atomic mass is 16.3. The van der Waals surface area contributed by atoms with E-state index in [1.807, 2.05) is 0 Å². The molecular formula is C19H32O2. The fourth-order valence-electron chi connectivity index (χ4n) is 7.35. The van der Waals surface area contributed by atoms with Crippen LogP contribution in [0.1, 0.15) is 71.6 Å². The molecule has 4 fully saturated rings. The van der Waals surface area contributed by atoms with E-state index in [-0.39, 0.29) is 17.6 Å². The Labute approximate surface area is 129 Å². The summed E-state index contributed by atoms with van der Waals surface area (Å²) in [6, 6.07) is 0. The van der Waals surface area contributed by atoms with E-state index in [4.69, 9.17) is 0 Å². The van der Waals surface area contributed by atoms with Crippen molar-refractivity contribution >= 4 is 0 Å². The molecule has 0 aromatic carbocycles. The molecule has 0 aromatic heterocycles. The molecule has 0 saturated heterocycles. The average molecular weight is 292 g/mol. The zero-order chi connectivity index (χ0) is 14.8. The van der Waals surface area contributed by atoms with Crippen LogP contribution >= 0.6 is 0 Å². The largest absolute Gasteiger partial charge is 0.393 e. The molecule has 0 bridgehead atoms. The van der Waals surface area contributed by atoms with Crippen molar-refractivity contribution in [2.75, 3.05) is 0 Å². The Morgan fingerprint density at radius 2 is 1.43 bits per heavy atom. The topological polar surface area (TPSA) is 40.5 Å². The molecule has 2 nitrogen and oxygen atoms in total. The van der Waals surface area contributed by atoms with Crippen LogP contribution in [0.2, 0.25) is 0 Å². The van der Waals surface area contributed by atoms with Gasteiger partial charge >= 0.3 is 0 Å². The molecular weight excluding hydrogens is 260 g/mol. The number of hydrogen-bond donors (Lipinski definition) is 2. The first-order valence-corrected chi connectivity index (χ1v) is 9.33. The summed E-state index contributed by atoms with van der Waals surface area (Å²) in [5.41, 5.74) is 0.563. The van der Waals surface area contributed by atoms with E-state index in [0.717, 1.165) is 30.6 Å². The third-order valence-corrected chi connectivity index (χ3v) is 8.57. The van der Waals surface area contributed by atoms with E-state index in [1.54, 1.807) is 0 Å². The summed E-state index contributed by atoms with van der Waals surface area (Å²) in [4.78, 5) is 0. The van der Waals surface area contributed by atoms with Gasteiger partial charge in [-0.25, -0.2) is 0 Å². The molecule has 4 aliphatic carbocycles. The van der Waals surface area contributed by atoms with Crippen LogP contribution in [0, 0.1) is 34.5 Å². The maximum atomic E-state index is 10.5. The van der Waals surface area contributed by atoms with Gasteiger partial charge in [-0.2, -0.15) is 0 Å². The SMILES string of the molecule is C[C@]12CCC[C@H](O)[C@H]1CC[C@@H]1[C@@H]2CC[C@]2(C)[C@@H](O)CC[C@@H]12. The molecule has 21 heavy (non-hydrogen) atoms. The Hall–Kier alpha value is -0.0800. The average Bonchev–Trinajstić information content (AvgIpc) is 2.75. The highest BCUT2D eigenvalue weighted by Crippen LogP contribution is 2.66. The quantitative estimate of drug-likeness (QED) is 0.714. The summed E-state index contributed by atoms with van der Waals surface area (Å²) in [6.45, 7) is 4.85. The molecule has 2 N–H and O–H groups in total. The van der Waals surface area contributed by atoms with Crippen molar-refractivity contribution < 1.29 is 10.2 Å². The van der Waals surface area contributed by atoms with E-state index in [1.165, 1.54) is 44.9 Å². The molecule has 0 aliphatic heterocycles. The molecule has 0 heterocycles. The van der Waals surface area contributed by atoms with Crippen molar-refractivity contribution in [3.05, 3.63) is 0 Å². The molecule has 0 spiro atoms. The second-order valence-electron chi connectivity index (χ2n) is 9.16. The smallest absolute Gasteiger partial charge is 0.0596 e. The van der Waals surface area contributed by atoms with Crippen LogP contribution in [0.25, 0.3) is 0 Å². The number of aliphatic hydroxyl groups is 2. The predicted octanol–water partition coefficient (Wildman–Crippen LogP) is 3.75. The molecule has 0 amide bonds. The lowest BCUT2D eigenvalue weighted by Crippen LogP contribution is -2.55. The summed E-state index contributed by atoms with van der Waals surface area (Å²) < 4.78 is 0. The Morgan fingerprint density at radius 1 is 0.714 bits per heavy atom. The Kier molecular flexibility index (Phi) is 3.25. The van der Waals surface area contributed by atoms with E-state index < -0.39 is 0 Å². The Morgan fingerprint density at radius 3 is 2.24 bits per heavy atom. The van der Waals surface area contributed by atoms with Crippen LogP contribution in [0.5, 0.6) is 0 Å². The summed E-state index contributed by atoms with van der Waals surface area (Å²) in [7, 11) is 0. The minimum Gasteiger partial charge on any atom is -0.393 e. The van der Waals surface area contributed by atoms with E-state index in [9.17, 15) is 10.2 Å². The van der Waals surface area contributed by atoms with E-state index in [2.05, 4.69) is 13.8 Å². The fourth-order valence-corrected chi connectivity index (χ4v) is 7.35. The first kappa shape index (κ1) is 14.5. The second kappa shape index (κ2) is 4.71. The number of fused-ring (bicyclic) bond motifs is 5. The molecule has 2 heteroatoms. The van der Waals surface area contributed by atoms with Gasteiger partial charge in [-0.3, -0.25) is 0 Å². The highest BCUT2D eigenvalue weighted by Gasteiger charge is 2.60. The lowest BCUT2D eigenvalue weighted by Gasteiger charge is -2.61. The maximum Gasteiger partial charge on any atom is 0.0596 e. The first-order chi connectivity index (χ1) is 9.97. The van der Waals surface area contributed by atoms with Crippen LogP contribution in [0.4, 0.5) is 0 Å². The van der Waals surface area contributed by atoms with Crippen molar-refractivity contribution in [3.8, 4) is 0 Å². The van der Waals surface area contributed by atoms with Gasteiger partial charge in [-0.1, -0.05) is 20.3 Å². The lowest BCUT2D eigenvalue weighted by molar-refractivity contribution is -0.149. The van der Waals surface area contributed by atoms with Gasteiger partial charge in [0.2, 0.25) is 0 Å². The van der Waals surface area contributed by atoms with Gasteiger partial charge in [-0.15, -0.1) is 0 Å². The summed E-state index contributed by atoms with van der Waals surface area (Å²) in [5, 5.41) is 21.0. The summed E-state index contributed by atoms with van der Waals surface area (Å²) in [6.07, 6.45) is 10.7. The third kappa shape index (κ3) is 1.84. The van der Waals surface area contributed by atoms with Crippen LogP contribution in [0.3, 0.4) is 0 Å². The first-order valence-electron chi connectivity index (χ1n) is 9.33. The molecule has 4 saturated carbocycles.